The van der Waals surface area contributed by atoms with E-state index in [1.54, 1.807) is 19.2 Å². The first-order chi connectivity index (χ1) is 13.5. The van der Waals surface area contributed by atoms with E-state index < -0.39 is 4.92 Å². The fourth-order valence-corrected chi connectivity index (χ4v) is 3.32. The minimum atomic E-state index is -0.434. The van der Waals surface area contributed by atoms with Gasteiger partial charge in [0.15, 0.2) is 0 Å². The molecule has 0 spiro atoms. The molecule has 0 unspecified atom stereocenters. The molecule has 0 atom stereocenters. The van der Waals surface area contributed by atoms with Crippen LogP contribution in [0.15, 0.2) is 59.1 Å². The lowest BCUT2D eigenvalue weighted by molar-refractivity contribution is -0.384. The summed E-state index contributed by atoms with van der Waals surface area (Å²) in [5, 5.41) is 14.6. The van der Waals surface area contributed by atoms with E-state index in [2.05, 4.69) is 10.1 Å². The second kappa shape index (κ2) is 9.14. The van der Waals surface area contributed by atoms with Gasteiger partial charge >= 0.3 is 0 Å². The van der Waals surface area contributed by atoms with Gasteiger partial charge in [0.05, 0.1) is 17.2 Å². The van der Waals surface area contributed by atoms with Gasteiger partial charge in [-0.1, -0.05) is 47.6 Å². The highest BCUT2D eigenvalue weighted by Gasteiger charge is 2.15. The molecule has 1 aromatic heterocycles. The molecular formula is C19H18N4O4S. The Bertz CT molecular complexity index is 944. The normalized spacial score (nSPS) is 10.6. The molecule has 9 heteroatoms. The van der Waals surface area contributed by atoms with Crippen molar-refractivity contribution in [2.45, 2.75) is 12.3 Å². The number of carbonyl (C=O) groups excluding carboxylic acids is 1. The zero-order valence-electron chi connectivity index (χ0n) is 15.1. The Balaban J connectivity index is 1.47. The van der Waals surface area contributed by atoms with Crippen LogP contribution in [0.3, 0.4) is 0 Å². The van der Waals surface area contributed by atoms with E-state index >= 15 is 0 Å². The first kappa shape index (κ1) is 19.6. The van der Waals surface area contributed by atoms with Crippen LogP contribution in [-0.2, 0) is 17.1 Å². The molecule has 1 amide bonds. The third-order valence-corrected chi connectivity index (χ3v) is 4.93. The van der Waals surface area contributed by atoms with E-state index in [4.69, 9.17) is 4.52 Å². The molecular weight excluding hydrogens is 380 g/mol. The highest BCUT2D eigenvalue weighted by atomic mass is 32.2. The van der Waals surface area contributed by atoms with E-state index in [-0.39, 0.29) is 23.9 Å². The van der Waals surface area contributed by atoms with Gasteiger partial charge in [-0.05, 0) is 5.56 Å². The molecule has 0 bridgehead atoms. The minimum absolute atomic E-state index is 0.0546. The van der Waals surface area contributed by atoms with Crippen molar-refractivity contribution in [1.82, 2.24) is 15.0 Å². The van der Waals surface area contributed by atoms with Crippen molar-refractivity contribution >= 4 is 23.4 Å². The van der Waals surface area contributed by atoms with Crippen molar-refractivity contribution in [3.05, 3.63) is 76.2 Å². The van der Waals surface area contributed by atoms with Crippen molar-refractivity contribution in [2.75, 3.05) is 12.8 Å². The zero-order chi connectivity index (χ0) is 19.9. The lowest BCUT2D eigenvalue weighted by Gasteiger charge is -2.14. The predicted octanol–water partition coefficient (Wildman–Crippen LogP) is 3.54. The summed E-state index contributed by atoms with van der Waals surface area (Å²) in [4.78, 5) is 28.4. The van der Waals surface area contributed by atoms with Crippen LogP contribution in [0.5, 0.6) is 0 Å². The number of benzene rings is 2. The summed E-state index contributed by atoms with van der Waals surface area (Å²) in [6.45, 7) is 0.233. The summed E-state index contributed by atoms with van der Waals surface area (Å²) in [7, 11) is 1.68. The molecule has 0 saturated carbocycles. The first-order valence-electron chi connectivity index (χ1n) is 8.46. The van der Waals surface area contributed by atoms with Crippen LogP contribution >= 0.6 is 11.8 Å². The summed E-state index contributed by atoms with van der Waals surface area (Å²) in [5.41, 5.74) is 1.83. The molecule has 3 rings (SSSR count). The number of nitro benzene ring substituents is 1. The molecule has 0 aliphatic rings. The van der Waals surface area contributed by atoms with Crippen LogP contribution in [0.25, 0.3) is 11.4 Å². The van der Waals surface area contributed by atoms with E-state index in [9.17, 15) is 14.9 Å². The highest BCUT2D eigenvalue weighted by Crippen LogP contribution is 2.18. The van der Waals surface area contributed by atoms with Crippen molar-refractivity contribution in [3.8, 4) is 11.4 Å². The van der Waals surface area contributed by atoms with E-state index in [0.717, 1.165) is 11.1 Å². The monoisotopic (exact) mass is 398 g/mol. The van der Waals surface area contributed by atoms with Gasteiger partial charge in [0.2, 0.25) is 17.6 Å². The maximum atomic E-state index is 12.3. The first-order valence-corrected chi connectivity index (χ1v) is 9.61. The number of aromatic nitrogens is 2. The van der Waals surface area contributed by atoms with Gasteiger partial charge in [-0.3, -0.25) is 14.9 Å². The number of non-ortho nitro benzene ring substituents is 1. The molecule has 144 valence electrons. The van der Waals surface area contributed by atoms with Gasteiger partial charge < -0.3 is 9.42 Å². The van der Waals surface area contributed by atoms with Crippen molar-refractivity contribution < 1.29 is 14.2 Å². The van der Waals surface area contributed by atoms with E-state index in [0.29, 0.717) is 17.5 Å². The number of rotatable bonds is 8. The van der Waals surface area contributed by atoms with Gasteiger partial charge in [0.25, 0.3) is 5.69 Å². The van der Waals surface area contributed by atoms with E-state index in [1.165, 1.54) is 28.8 Å². The van der Waals surface area contributed by atoms with Gasteiger partial charge in [-0.25, -0.2) is 0 Å². The second-order valence-electron chi connectivity index (χ2n) is 6.04. The average Bonchev–Trinajstić information content (AvgIpc) is 3.17. The van der Waals surface area contributed by atoms with Crippen LogP contribution in [0.2, 0.25) is 0 Å². The third-order valence-electron chi connectivity index (χ3n) is 3.94. The lowest BCUT2D eigenvalue weighted by Crippen LogP contribution is -2.28. The van der Waals surface area contributed by atoms with Crippen molar-refractivity contribution in [2.24, 2.45) is 0 Å². The molecule has 1 heterocycles. The highest BCUT2D eigenvalue weighted by molar-refractivity contribution is 7.99. The summed E-state index contributed by atoms with van der Waals surface area (Å²) in [6, 6.07) is 15.8. The topological polar surface area (TPSA) is 102 Å². The molecule has 28 heavy (non-hydrogen) atoms. The lowest BCUT2D eigenvalue weighted by atomic mass is 10.2. The minimum Gasteiger partial charge on any atom is -0.337 e. The number of amides is 1. The number of carbonyl (C=O) groups is 1. The van der Waals surface area contributed by atoms with Crippen LogP contribution in [0.4, 0.5) is 5.69 Å². The maximum absolute atomic E-state index is 12.3. The van der Waals surface area contributed by atoms with Crippen molar-refractivity contribution in [1.29, 1.82) is 0 Å². The third kappa shape index (κ3) is 5.17. The number of nitrogens with zero attached hydrogens (tertiary/aromatic N) is 4. The molecule has 0 aliphatic carbocycles. The van der Waals surface area contributed by atoms with Gasteiger partial charge in [-0.15, -0.1) is 11.8 Å². The molecule has 3 aromatic rings. The van der Waals surface area contributed by atoms with Crippen LogP contribution in [0.1, 0.15) is 11.5 Å². The largest absolute Gasteiger partial charge is 0.337 e. The Labute approximate surface area is 165 Å². The smallest absolute Gasteiger partial charge is 0.269 e. The Hall–Kier alpha value is -3.20. The van der Waals surface area contributed by atoms with Crippen LogP contribution in [-0.4, -0.2) is 38.7 Å². The Morgan fingerprint density at radius 1 is 1.18 bits per heavy atom. The molecule has 8 nitrogen and oxygen atoms in total. The fourth-order valence-electron chi connectivity index (χ4n) is 2.39. The zero-order valence-corrected chi connectivity index (χ0v) is 16.0. The number of hydrogen-bond donors (Lipinski definition) is 0. The Morgan fingerprint density at radius 2 is 1.89 bits per heavy atom. The number of thioether (sulfide) groups is 1. The summed E-state index contributed by atoms with van der Waals surface area (Å²) >= 11 is 1.44. The second-order valence-corrected chi connectivity index (χ2v) is 7.03. The van der Waals surface area contributed by atoms with Gasteiger partial charge in [0.1, 0.15) is 0 Å². The summed E-state index contributed by atoms with van der Waals surface area (Å²) < 4.78 is 5.23. The maximum Gasteiger partial charge on any atom is 0.269 e. The van der Waals surface area contributed by atoms with Crippen molar-refractivity contribution in [3.63, 3.8) is 0 Å². The number of nitro groups is 1. The summed E-state index contributed by atoms with van der Waals surface area (Å²) in [6.07, 6.45) is 0. The number of hydrogen-bond acceptors (Lipinski definition) is 7. The SMILES string of the molecule is CN(Cc1nc(-c2ccccc2)no1)C(=O)CSCc1ccc([N+](=O)[O-])cc1. The quantitative estimate of drug-likeness (QED) is 0.422. The summed E-state index contributed by atoms with van der Waals surface area (Å²) in [5.74, 6) is 1.68. The van der Waals surface area contributed by atoms with Crippen LogP contribution < -0.4 is 0 Å². The molecule has 0 radical (unpaired) electrons. The standard InChI is InChI=1S/C19H18N4O4S/c1-22(11-17-20-19(21-27-17)15-5-3-2-4-6-15)18(24)13-28-12-14-7-9-16(10-8-14)23(25)26/h2-10H,11-13H2,1H3. The molecule has 0 saturated heterocycles. The fraction of sp³-hybridized carbons (Fsp3) is 0.211. The van der Waals surface area contributed by atoms with Crippen LogP contribution in [0, 0.1) is 10.1 Å². The molecule has 0 fully saturated rings. The Morgan fingerprint density at radius 3 is 2.57 bits per heavy atom. The Kier molecular flexibility index (Phi) is 6.38. The van der Waals surface area contributed by atoms with Gasteiger partial charge in [0, 0.05) is 30.5 Å². The molecule has 0 N–H and O–H groups in total. The molecule has 0 aliphatic heterocycles. The van der Waals surface area contributed by atoms with Gasteiger partial charge in [-0.2, -0.15) is 4.98 Å². The molecule has 2 aromatic carbocycles. The van der Waals surface area contributed by atoms with E-state index in [1.807, 2.05) is 30.3 Å². The average molecular weight is 398 g/mol. The predicted molar refractivity (Wildman–Crippen MR) is 105 cm³/mol.